The molecule has 0 aliphatic carbocycles. The highest BCUT2D eigenvalue weighted by Crippen LogP contribution is 2.37. The first-order chi connectivity index (χ1) is 13.9. The molecule has 0 aromatic heterocycles. The first-order valence-electron chi connectivity index (χ1n) is 10.3. The third-order valence-electron chi connectivity index (χ3n) is 5.79. The van der Waals surface area contributed by atoms with Gasteiger partial charge in [-0.15, -0.1) is 0 Å². The van der Waals surface area contributed by atoms with Crippen molar-refractivity contribution in [1.29, 1.82) is 0 Å². The van der Waals surface area contributed by atoms with E-state index in [0.717, 1.165) is 34.5 Å². The number of amides is 1. The summed E-state index contributed by atoms with van der Waals surface area (Å²) in [6.45, 7) is 9.34. The van der Waals surface area contributed by atoms with Gasteiger partial charge in [0.15, 0.2) is 0 Å². The molecule has 1 aliphatic rings. The molecular formula is C24H30ClNO3. The third-order valence-corrected chi connectivity index (χ3v) is 6.04. The molecule has 1 aliphatic heterocycles. The van der Waals surface area contributed by atoms with Gasteiger partial charge in [0.05, 0.1) is 11.5 Å². The molecule has 156 valence electrons. The van der Waals surface area contributed by atoms with Gasteiger partial charge in [-0.1, -0.05) is 30.7 Å². The van der Waals surface area contributed by atoms with Gasteiger partial charge in [0.2, 0.25) is 5.91 Å². The number of hydrogen-bond donors (Lipinski definition) is 1. The Kier molecular flexibility index (Phi) is 6.86. The van der Waals surface area contributed by atoms with Gasteiger partial charge in [0, 0.05) is 23.9 Å². The van der Waals surface area contributed by atoms with Crippen LogP contribution in [0.5, 0.6) is 5.75 Å². The molecule has 1 amide bonds. The van der Waals surface area contributed by atoms with Crippen molar-refractivity contribution in [2.45, 2.75) is 58.5 Å². The molecule has 1 heterocycles. The van der Waals surface area contributed by atoms with Gasteiger partial charge < -0.3 is 14.8 Å². The number of rotatable bonds is 6. The maximum absolute atomic E-state index is 13.5. The van der Waals surface area contributed by atoms with E-state index in [1.807, 2.05) is 50.2 Å². The van der Waals surface area contributed by atoms with Crippen molar-refractivity contribution in [3.8, 4) is 5.75 Å². The Morgan fingerprint density at radius 3 is 2.31 bits per heavy atom. The highest BCUT2D eigenvalue weighted by molar-refractivity contribution is 6.30. The van der Waals surface area contributed by atoms with Crippen LogP contribution in [-0.2, 0) is 14.9 Å². The zero-order valence-corrected chi connectivity index (χ0v) is 18.4. The van der Waals surface area contributed by atoms with Crippen LogP contribution in [0, 0.1) is 13.8 Å². The summed E-state index contributed by atoms with van der Waals surface area (Å²) in [4.78, 5) is 13.5. The van der Waals surface area contributed by atoms with Crippen molar-refractivity contribution in [3.63, 3.8) is 0 Å². The molecule has 0 unspecified atom stereocenters. The lowest BCUT2D eigenvalue weighted by Crippen LogP contribution is -2.44. The number of hydrogen-bond acceptors (Lipinski definition) is 3. The summed E-state index contributed by atoms with van der Waals surface area (Å²) in [6, 6.07) is 11.6. The lowest BCUT2D eigenvalue weighted by Gasteiger charge is -2.36. The fourth-order valence-corrected chi connectivity index (χ4v) is 4.01. The Morgan fingerprint density at radius 2 is 1.76 bits per heavy atom. The standard InChI is InChI=1S/C24H30ClNO3/c1-5-18(4)29-22-16(2)14-21(15-17(22)3)26-23(27)24(10-12-28-13-11-24)19-6-8-20(25)9-7-19/h6-9,14-15,18H,5,10-13H2,1-4H3,(H,26,27)/t18-/m1/s1. The highest BCUT2D eigenvalue weighted by Gasteiger charge is 2.41. The SMILES string of the molecule is CC[C@@H](C)Oc1c(C)cc(NC(=O)C2(c3ccc(Cl)cc3)CCOCC2)cc1C. The molecule has 4 nitrogen and oxygen atoms in total. The van der Waals surface area contributed by atoms with Gasteiger partial charge in [0.1, 0.15) is 5.75 Å². The predicted molar refractivity (Wildman–Crippen MR) is 118 cm³/mol. The van der Waals surface area contributed by atoms with Gasteiger partial charge in [-0.3, -0.25) is 4.79 Å². The monoisotopic (exact) mass is 415 g/mol. The maximum atomic E-state index is 13.5. The van der Waals surface area contributed by atoms with E-state index in [1.165, 1.54) is 0 Å². The number of nitrogens with one attached hydrogen (secondary N) is 1. The van der Waals surface area contributed by atoms with Crippen molar-refractivity contribution in [3.05, 3.63) is 58.1 Å². The molecule has 2 aromatic carbocycles. The van der Waals surface area contributed by atoms with Gasteiger partial charge in [-0.25, -0.2) is 0 Å². The van der Waals surface area contributed by atoms with Gasteiger partial charge in [-0.2, -0.15) is 0 Å². The van der Waals surface area contributed by atoms with Crippen molar-refractivity contribution >= 4 is 23.2 Å². The zero-order valence-electron chi connectivity index (χ0n) is 17.7. The molecule has 2 aromatic rings. The Balaban J connectivity index is 1.87. The average molecular weight is 416 g/mol. The van der Waals surface area contributed by atoms with E-state index in [2.05, 4.69) is 19.2 Å². The second kappa shape index (κ2) is 9.19. The van der Waals surface area contributed by atoms with E-state index in [-0.39, 0.29) is 12.0 Å². The molecule has 1 N–H and O–H groups in total. The molecule has 0 bridgehead atoms. The zero-order chi connectivity index (χ0) is 21.0. The number of carbonyl (C=O) groups excluding carboxylic acids is 1. The molecule has 1 saturated heterocycles. The summed E-state index contributed by atoms with van der Waals surface area (Å²) in [5.74, 6) is 0.897. The Hall–Kier alpha value is -2.04. The van der Waals surface area contributed by atoms with Crippen LogP contribution in [0.25, 0.3) is 0 Å². The van der Waals surface area contributed by atoms with Crippen molar-refractivity contribution in [2.75, 3.05) is 18.5 Å². The third kappa shape index (κ3) is 4.76. The van der Waals surface area contributed by atoms with E-state index in [1.54, 1.807) is 0 Å². The number of anilines is 1. The van der Waals surface area contributed by atoms with Crippen molar-refractivity contribution in [1.82, 2.24) is 0 Å². The van der Waals surface area contributed by atoms with Crippen LogP contribution in [0.15, 0.2) is 36.4 Å². The van der Waals surface area contributed by atoms with Crippen LogP contribution in [0.3, 0.4) is 0 Å². The van der Waals surface area contributed by atoms with E-state index < -0.39 is 5.41 Å². The van der Waals surface area contributed by atoms with Gasteiger partial charge >= 0.3 is 0 Å². The van der Waals surface area contributed by atoms with Crippen LogP contribution < -0.4 is 10.1 Å². The minimum absolute atomic E-state index is 0.00230. The van der Waals surface area contributed by atoms with Gasteiger partial charge in [-0.05, 0) is 81.0 Å². The second-order valence-electron chi connectivity index (χ2n) is 7.93. The predicted octanol–water partition coefficient (Wildman–Crippen LogP) is 5.82. The first-order valence-corrected chi connectivity index (χ1v) is 10.7. The van der Waals surface area contributed by atoms with Crippen LogP contribution in [0.4, 0.5) is 5.69 Å². The summed E-state index contributed by atoms with van der Waals surface area (Å²) >= 11 is 6.06. The van der Waals surface area contributed by atoms with Crippen molar-refractivity contribution in [2.24, 2.45) is 0 Å². The largest absolute Gasteiger partial charge is 0.490 e. The van der Waals surface area contributed by atoms with E-state index >= 15 is 0 Å². The van der Waals surface area contributed by atoms with E-state index in [4.69, 9.17) is 21.1 Å². The molecular weight excluding hydrogens is 386 g/mol. The molecule has 3 rings (SSSR count). The Labute approximate surface area is 178 Å². The smallest absolute Gasteiger partial charge is 0.235 e. The summed E-state index contributed by atoms with van der Waals surface area (Å²) in [5, 5.41) is 3.82. The van der Waals surface area contributed by atoms with Crippen LogP contribution in [-0.4, -0.2) is 25.2 Å². The quantitative estimate of drug-likeness (QED) is 0.646. The van der Waals surface area contributed by atoms with E-state index in [0.29, 0.717) is 31.1 Å². The number of carbonyl (C=O) groups is 1. The van der Waals surface area contributed by atoms with Crippen molar-refractivity contribution < 1.29 is 14.3 Å². The summed E-state index contributed by atoms with van der Waals surface area (Å²) < 4.78 is 11.6. The molecule has 5 heteroatoms. The lowest BCUT2D eigenvalue weighted by molar-refractivity contribution is -0.125. The average Bonchev–Trinajstić information content (AvgIpc) is 2.71. The molecule has 1 fully saturated rings. The first kappa shape index (κ1) is 21.7. The fourth-order valence-electron chi connectivity index (χ4n) is 3.88. The summed E-state index contributed by atoms with van der Waals surface area (Å²) in [5.41, 5.74) is 3.20. The topological polar surface area (TPSA) is 47.6 Å². The van der Waals surface area contributed by atoms with Gasteiger partial charge in [0.25, 0.3) is 0 Å². The van der Waals surface area contributed by atoms with Crippen LogP contribution in [0.1, 0.15) is 49.8 Å². The molecule has 29 heavy (non-hydrogen) atoms. The minimum Gasteiger partial charge on any atom is -0.490 e. The van der Waals surface area contributed by atoms with Crippen LogP contribution >= 0.6 is 11.6 Å². The number of aryl methyl sites for hydroxylation is 2. The number of ether oxygens (including phenoxy) is 2. The molecule has 1 atom stereocenters. The normalized spacial score (nSPS) is 16.9. The van der Waals surface area contributed by atoms with Crippen LogP contribution in [0.2, 0.25) is 5.02 Å². The van der Waals surface area contributed by atoms with E-state index in [9.17, 15) is 4.79 Å². The summed E-state index contributed by atoms with van der Waals surface area (Å²) in [6.07, 6.45) is 2.40. The number of benzene rings is 2. The maximum Gasteiger partial charge on any atom is 0.235 e. The molecule has 0 radical (unpaired) electrons. The highest BCUT2D eigenvalue weighted by atomic mass is 35.5. The number of halogens is 1. The fraction of sp³-hybridized carbons (Fsp3) is 0.458. The second-order valence-corrected chi connectivity index (χ2v) is 8.37. The Morgan fingerprint density at radius 1 is 1.17 bits per heavy atom. The molecule has 0 spiro atoms. The molecule has 0 saturated carbocycles. The lowest BCUT2D eigenvalue weighted by atomic mass is 9.73. The minimum atomic E-state index is -0.615. The summed E-state index contributed by atoms with van der Waals surface area (Å²) in [7, 11) is 0. The Bertz CT molecular complexity index is 834.